The van der Waals surface area contributed by atoms with Gasteiger partial charge in [0.25, 0.3) is 5.69 Å². The summed E-state index contributed by atoms with van der Waals surface area (Å²) in [5.41, 5.74) is 4.41. The first-order chi connectivity index (χ1) is 11.1. The Morgan fingerprint density at radius 1 is 1.26 bits per heavy atom. The number of H-pyrrole nitrogens is 1. The molecule has 2 aliphatic rings. The number of nitrogens with one attached hydrogen (secondary N) is 2. The van der Waals surface area contributed by atoms with Gasteiger partial charge in [0.1, 0.15) is 0 Å². The third-order valence-electron chi connectivity index (χ3n) is 4.51. The van der Waals surface area contributed by atoms with Crippen molar-refractivity contribution in [3.8, 4) is 0 Å². The molecular formula is C16H14N4O3. The third-order valence-corrected chi connectivity index (χ3v) is 4.51. The number of nitro groups is 1. The number of fused-ring (bicyclic) bond motifs is 1. The molecule has 0 radical (unpaired) electrons. The maximum Gasteiger partial charge on any atom is 0.269 e. The Bertz CT molecular complexity index is 864. The van der Waals surface area contributed by atoms with E-state index in [4.69, 9.17) is 0 Å². The van der Waals surface area contributed by atoms with Gasteiger partial charge in [-0.15, -0.1) is 0 Å². The van der Waals surface area contributed by atoms with Crippen molar-refractivity contribution >= 4 is 17.3 Å². The number of ketones is 1. The number of Topliss-reactive ketones (excluding diaryl/α,β-unsaturated/α-hetero) is 1. The molecule has 2 N–H and O–H groups in total. The first kappa shape index (κ1) is 13.7. The quantitative estimate of drug-likeness (QED) is 0.656. The molecule has 0 amide bonds. The first-order valence-corrected chi connectivity index (χ1v) is 7.38. The summed E-state index contributed by atoms with van der Waals surface area (Å²) >= 11 is 0. The molecule has 1 atom stereocenters. The summed E-state index contributed by atoms with van der Waals surface area (Å²) in [5.74, 6) is 0.636. The van der Waals surface area contributed by atoms with Gasteiger partial charge in [-0.2, -0.15) is 5.10 Å². The molecule has 1 aromatic heterocycles. The van der Waals surface area contributed by atoms with Crippen molar-refractivity contribution in [1.82, 2.24) is 10.2 Å². The number of nitro benzene ring substituents is 1. The standard InChI is InChI=1S/C16H14N4O3/c1-8-13-14(9-2-4-10(5-3-9)20(22)23)15-11(6-7-12(15)21)17-16(13)19-18-8/h2-5,14H,6-7H2,1H3,(H2,17,18,19). The van der Waals surface area contributed by atoms with E-state index in [1.807, 2.05) is 6.92 Å². The number of aromatic amines is 1. The van der Waals surface area contributed by atoms with Gasteiger partial charge in [0.05, 0.1) is 4.92 Å². The number of anilines is 1. The summed E-state index contributed by atoms with van der Waals surface area (Å²) < 4.78 is 0. The number of allylic oxidation sites excluding steroid dienone is 2. The van der Waals surface area contributed by atoms with E-state index >= 15 is 0 Å². The second-order valence-electron chi connectivity index (χ2n) is 5.83. The van der Waals surface area contributed by atoms with Gasteiger partial charge < -0.3 is 5.32 Å². The lowest BCUT2D eigenvalue weighted by Gasteiger charge is -2.25. The Morgan fingerprint density at radius 3 is 2.70 bits per heavy atom. The summed E-state index contributed by atoms with van der Waals surface area (Å²) in [4.78, 5) is 22.8. The Hall–Kier alpha value is -2.96. The van der Waals surface area contributed by atoms with E-state index in [-0.39, 0.29) is 17.4 Å². The van der Waals surface area contributed by atoms with Crippen molar-refractivity contribution < 1.29 is 9.72 Å². The highest BCUT2D eigenvalue weighted by molar-refractivity contribution is 6.02. The third kappa shape index (κ3) is 1.97. The van der Waals surface area contributed by atoms with Crippen LogP contribution in [0.5, 0.6) is 0 Å². The maximum absolute atomic E-state index is 12.4. The Morgan fingerprint density at radius 2 is 2.00 bits per heavy atom. The predicted octanol–water partition coefficient (Wildman–Crippen LogP) is 2.80. The fraction of sp³-hybridized carbons (Fsp3) is 0.250. The van der Waals surface area contributed by atoms with Crippen LogP contribution in [0.1, 0.15) is 35.6 Å². The second-order valence-corrected chi connectivity index (χ2v) is 5.83. The molecule has 1 aliphatic carbocycles. The molecule has 7 nitrogen and oxygen atoms in total. The molecule has 4 rings (SSSR count). The topological polar surface area (TPSA) is 101 Å². The van der Waals surface area contributed by atoms with Crippen LogP contribution in [0.2, 0.25) is 0 Å². The van der Waals surface area contributed by atoms with Gasteiger partial charge in [-0.3, -0.25) is 20.0 Å². The number of non-ortho nitro benzene ring substituents is 1. The first-order valence-electron chi connectivity index (χ1n) is 7.38. The highest BCUT2D eigenvalue weighted by Gasteiger charge is 2.38. The molecular weight excluding hydrogens is 296 g/mol. The molecule has 1 unspecified atom stereocenters. The normalized spacial score (nSPS) is 19.3. The van der Waals surface area contributed by atoms with Gasteiger partial charge in [-0.05, 0) is 18.9 Å². The lowest BCUT2D eigenvalue weighted by molar-refractivity contribution is -0.384. The Kier molecular flexibility index (Phi) is 2.84. The number of carbonyl (C=O) groups excluding carboxylic acids is 1. The van der Waals surface area contributed by atoms with E-state index < -0.39 is 4.92 Å². The Labute approximate surface area is 131 Å². The molecule has 2 heterocycles. The molecule has 0 saturated carbocycles. The zero-order chi connectivity index (χ0) is 16.1. The van der Waals surface area contributed by atoms with Crippen LogP contribution in [0.15, 0.2) is 35.5 Å². The highest BCUT2D eigenvalue weighted by Crippen LogP contribution is 2.46. The molecule has 0 bridgehead atoms. The lowest BCUT2D eigenvalue weighted by atomic mass is 9.81. The van der Waals surface area contributed by atoms with Crippen molar-refractivity contribution in [3.63, 3.8) is 0 Å². The van der Waals surface area contributed by atoms with Crippen LogP contribution in [-0.2, 0) is 4.79 Å². The number of hydrogen-bond donors (Lipinski definition) is 2. The molecule has 0 spiro atoms. The summed E-state index contributed by atoms with van der Waals surface area (Å²) in [6, 6.07) is 6.40. The van der Waals surface area contributed by atoms with Crippen LogP contribution < -0.4 is 5.32 Å². The number of benzene rings is 1. The monoisotopic (exact) mass is 310 g/mol. The van der Waals surface area contributed by atoms with Crippen molar-refractivity contribution in [3.05, 3.63) is 62.5 Å². The average Bonchev–Trinajstić information content (AvgIpc) is 3.10. The summed E-state index contributed by atoms with van der Waals surface area (Å²) in [5, 5.41) is 21.3. The molecule has 2 aromatic rings. The predicted molar refractivity (Wildman–Crippen MR) is 83.2 cm³/mol. The zero-order valence-corrected chi connectivity index (χ0v) is 12.4. The van der Waals surface area contributed by atoms with E-state index in [0.29, 0.717) is 12.8 Å². The fourth-order valence-corrected chi connectivity index (χ4v) is 3.44. The van der Waals surface area contributed by atoms with Crippen molar-refractivity contribution in [2.75, 3.05) is 5.32 Å². The smallest absolute Gasteiger partial charge is 0.269 e. The number of aromatic nitrogens is 2. The molecule has 116 valence electrons. The van der Waals surface area contributed by atoms with Crippen LogP contribution in [-0.4, -0.2) is 20.9 Å². The van der Waals surface area contributed by atoms with Gasteiger partial charge in [-0.1, -0.05) is 12.1 Å². The fourth-order valence-electron chi connectivity index (χ4n) is 3.44. The Balaban J connectivity index is 1.88. The number of aryl methyl sites for hydroxylation is 1. The highest BCUT2D eigenvalue weighted by atomic mass is 16.6. The zero-order valence-electron chi connectivity index (χ0n) is 12.4. The number of nitrogens with zero attached hydrogens (tertiary/aromatic N) is 2. The van der Waals surface area contributed by atoms with E-state index in [1.54, 1.807) is 12.1 Å². The average molecular weight is 310 g/mol. The van der Waals surface area contributed by atoms with Crippen molar-refractivity contribution in [2.24, 2.45) is 0 Å². The van der Waals surface area contributed by atoms with Gasteiger partial charge >= 0.3 is 0 Å². The summed E-state index contributed by atoms with van der Waals surface area (Å²) in [6.45, 7) is 1.91. The molecule has 0 fully saturated rings. The summed E-state index contributed by atoms with van der Waals surface area (Å²) in [6.07, 6.45) is 1.18. The number of rotatable bonds is 2. The van der Waals surface area contributed by atoms with Crippen molar-refractivity contribution in [2.45, 2.75) is 25.7 Å². The SMILES string of the molecule is Cc1[nH]nc2c1C(c1ccc([N+](=O)[O-])cc1)C1=C(CCC1=O)N2. The maximum atomic E-state index is 12.4. The molecule has 0 saturated heterocycles. The van der Waals surface area contributed by atoms with E-state index in [0.717, 1.165) is 33.9 Å². The van der Waals surface area contributed by atoms with E-state index in [2.05, 4.69) is 15.5 Å². The largest absolute Gasteiger partial charge is 0.342 e. The van der Waals surface area contributed by atoms with E-state index in [9.17, 15) is 14.9 Å². The minimum atomic E-state index is -0.424. The van der Waals surface area contributed by atoms with Crippen LogP contribution in [0.3, 0.4) is 0 Å². The van der Waals surface area contributed by atoms with Crippen LogP contribution in [0.25, 0.3) is 0 Å². The molecule has 23 heavy (non-hydrogen) atoms. The van der Waals surface area contributed by atoms with Crippen molar-refractivity contribution in [1.29, 1.82) is 0 Å². The van der Waals surface area contributed by atoms with E-state index in [1.165, 1.54) is 12.1 Å². The number of carbonyl (C=O) groups is 1. The van der Waals surface area contributed by atoms with Crippen LogP contribution in [0, 0.1) is 17.0 Å². The van der Waals surface area contributed by atoms with Gasteiger partial charge in [0.2, 0.25) is 0 Å². The molecule has 1 aromatic carbocycles. The molecule has 1 aliphatic heterocycles. The number of hydrogen-bond acceptors (Lipinski definition) is 5. The van der Waals surface area contributed by atoms with Gasteiger partial charge in [0.15, 0.2) is 11.6 Å². The van der Waals surface area contributed by atoms with Gasteiger partial charge in [0, 0.05) is 47.0 Å². The van der Waals surface area contributed by atoms with Crippen LogP contribution in [0.4, 0.5) is 11.5 Å². The lowest BCUT2D eigenvalue weighted by Crippen LogP contribution is -2.19. The minimum Gasteiger partial charge on any atom is -0.342 e. The van der Waals surface area contributed by atoms with Crippen LogP contribution >= 0.6 is 0 Å². The second kappa shape index (κ2) is 4.77. The summed E-state index contributed by atoms with van der Waals surface area (Å²) in [7, 11) is 0. The molecule has 7 heteroatoms. The minimum absolute atomic E-state index is 0.0405. The van der Waals surface area contributed by atoms with Gasteiger partial charge in [-0.25, -0.2) is 0 Å².